The highest BCUT2D eigenvalue weighted by Crippen LogP contribution is 2.34. The van der Waals surface area contributed by atoms with E-state index in [4.69, 9.17) is 11.6 Å². The van der Waals surface area contributed by atoms with Gasteiger partial charge in [0.05, 0.1) is 27.9 Å². The van der Waals surface area contributed by atoms with Crippen molar-refractivity contribution < 1.29 is 18.0 Å². The number of aromatic nitrogens is 2. The zero-order valence-electron chi connectivity index (χ0n) is 16.7. The van der Waals surface area contributed by atoms with Gasteiger partial charge in [-0.1, -0.05) is 49.3 Å². The molecule has 0 atom stereocenters. The van der Waals surface area contributed by atoms with Crippen LogP contribution in [0.25, 0.3) is 10.9 Å². The molecule has 1 N–H and O–H groups in total. The lowest BCUT2D eigenvalue weighted by Crippen LogP contribution is -2.26. The van der Waals surface area contributed by atoms with Gasteiger partial charge in [0.25, 0.3) is 5.56 Å². The van der Waals surface area contributed by atoms with Crippen LogP contribution in [0, 0.1) is 5.92 Å². The number of thioether (sulfide) groups is 1. The number of nitrogens with zero attached hydrogens (tertiary/aromatic N) is 2. The van der Waals surface area contributed by atoms with Crippen molar-refractivity contribution in [2.75, 3.05) is 11.1 Å². The Labute approximate surface area is 185 Å². The lowest BCUT2D eigenvalue weighted by atomic mass is 10.1. The Bertz CT molecular complexity index is 1180. The lowest BCUT2D eigenvalue weighted by molar-refractivity contribution is -0.137. The second kappa shape index (κ2) is 9.32. The fourth-order valence-electron chi connectivity index (χ4n) is 2.96. The molecule has 0 spiro atoms. The van der Waals surface area contributed by atoms with Gasteiger partial charge < -0.3 is 5.32 Å². The second-order valence-electron chi connectivity index (χ2n) is 7.25. The van der Waals surface area contributed by atoms with Crippen LogP contribution in [-0.4, -0.2) is 21.2 Å². The molecule has 1 heterocycles. The number of anilines is 1. The van der Waals surface area contributed by atoms with Crippen molar-refractivity contribution in [2.45, 2.75) is 31.7 Å². The Kier molecular flexibility index (Phi) is 6.96. The molecular formula is C21H19ClF3N3O2S. The van der Waals surface area contributed by atoms with Gasteiger partial charge in [-0.3, -0.25) is 14.2 Å². The summed E-state index contributed by atoms with van der Waals surface area (Å²) in [5.41, 5.74) is -1.10. The first-order valence-electron chi connectivity index (χ1n) is 9.35. The van der Waals surface area contributed by atoms with E-state index in [0.717, 1.165) is 17.8 Å². The van der Waals surface area contributed by atoms with E-state index in [9.17, 15) is 22.8 Å². The standard InChI is InChI=1S/C21H19ClF3N3O2S/c1-12(2)10-28-19(30)14-9-13(22)7-8-16(14)27-20(28)31-11-18(29)26-17-6-4-3-5-15(17)21(23,24)25/h3-9,12H,10-11H2,1-2H3,(H,26,29). The Hall–Kier alpha value is -2.52. The number of halogens is 4. The van der Waals surface area contributed by atoms with E-state index in [1.54, 1.807) is 12.1 Å². The fraction of sp³-hybridized carbons (Fsp3) is 0.286. The summed E-state index contributed by atoms with van der Waals surface area (Å²) in [6, 6.07) is 9.52. The van der Waals surface area contributed by atoms with Gasteiger partial charge in [0.2, 0.25) is 5.91 Å². The fourth-order valence-corrected chi connectivity index (χ4v) is 3.95. The van der Waals surface area contributed by atoms with Crippen molar-refractivity contribution in [2.24, 2.45) is 5.92 Å². The number of hydrogen-bond donors (Lipinski definition) is 1. The van der Waals surface area contributed by atoms with Gasteiger partial charge in [-0.2, -0.15) is 13.2 Å². The van der Waals surface area contributed by atoms with Crippen LogP contribution in [0.5, 0.6) is 0 Å². The predicted molar refractivity (Wildman–Crippen MR) is 117 cm³/mol. The normalized spacial score (nSPS) is 11.8. The van der Waals surface area contributed by atoms with Crippen LogP contribution in [0.1, 0.15) is 19.4 Å². The first-order valence-corrected chi connectivity index (χ1v) is 10.7. The molecule has 0 aliphatic rings. The highest BCUT2D eigenvalue weighted by Gasteiger charge is 2.33. The molecule has 0 aliphatic carbocycles. The maximum atomic E-state index is 13.1. The molecule has 0 aliphatic heterocycles. The third kappa shape index (κ3) is 5.59. The van der Waals surface area contributed by atoms with E-state index in [1.165, 1.54) is 28.8 Å². The summed E-state index contributed by atoms with van der Waals surface area (Å²) in [7, 11) is 0. The average Bonchev–Trinajstić information content (AvgIpc) is 2.68. The second-order valence-corrected chi connectivity index (χ2v) is 8.62. The van der Waals surface area contributed by atoms with E-state index >= 15 is 0 Å². The minimum atomic E-state index is -4.59. The molecule has 0 saturated heterocycles. The summed E-state index contributed by atoms with van der Waals surface area (Å²) < 4.78 is 40.9. The average molecular weight is 470 g/mol. The van der Waals surface area contributed by atoms with Crippen LogP contribution in [0.2, 0.25) is 5.02 Å². The number of para-hydroxylation sites is 1. The first-order chi connectivity index (χ1) is 14.6. The number of nitrogens with one attached hydrogen (secondary N) is 1. The van der Waals surface area contributed by atoms with Gasteiger partial charge in [-0.25, -0.2) is 4.98 Å². The van der Waals surface area contributed by atoms with E-state index in [0.29, 0.717) is 27.6 Å². The number of benzene rings is 2. The van der Waals surface area contributed by atoms with Gasteiger partial charge in [0.15, 0.2) is 5.16 Å². The molecule has 3 aromatic rings. The number of fused-ring (bicyclic) bond motifs is 1. The Morgan fingerprint density at radius 3 is 2.61 bits per heavy atom. The number of alkyl halides is 3. The predicted octanol–water partition coefficient (Wildman–Crippen LogP) is 5.46. The molecule has 2 aromatic carbocycles. The van der Waals surface area contributed by atoms with E-state index < -0.39 is 17.6 Å². The molecule has 3 rings (SSSR count). The van der Waals surface area contributed by atoms with E-state index in [2.05, 4.69) is 10.3 Å². The SMILES string of the molecule is CC(C)Cn1c(SCC(=O)Nc2ccccc2C(F)(F)F)nc2ccc(Cl)cc2c1=O. The first kappa shape index (κ1) is 23.1. The van der Waals surface area contributed by atoms with Crippen molar-refractivity contribution in [3.05, 3.63) is 63.4 Å². The molecule has 1 aromatic heterocycles. The Morgan fingerprint density at radius 1 is 1.23 bits per heavy atom. The molecule has 164 valence electrons. The Balaban J connectivity index is 1.86. The quantitative estimate of drug-likeness (QED) is 0.385. The highest BCUT2D eigenvalue weighted by molar-refractivity contribution is 7.99. The highest BCUT2D eigenvalue weighted by atomic mass is 35.5. The van der Waals surface area contributed by atoms with Crippen LogP contribution in [0.3, 0.4) is 0 Å². The zero-order valence-corrected chi connectivity index (χ0v) is 18.2. The van der Waals surface area contributed by atoms with E-state index in [1.807, 2.05) is 13.8 Å². The number of carbonyl (C=O) groups excluding carboxylic acids is 1. The molecule has 10 heteroatoms. The summed E-state index contributed by atoms with van der Waals surface area (Å²) in [6.07, 6.45) is -4.59. The van der Waals surface area contributed by atoms with Gasteiger partial charge in [0, 0.05) is 11.6 Å². The topological polar surface area (TPSA) is 64.0 Å². The molecule has 0 unspecified atom stereocenters. The minimum Gasteiger partial charge on any atom is -0.325 e. The molecule has 31 heavy (non-hydrogen) atoms. The molecule has 0 bridgehead atoms. The molecule has 0 radical (unpaired) electrons. The van der Waals surface area contributed by atoms with Crippen LogP contribution >= 0.6 is 23.4 Å². The number of amides is 1. The van der Waals surface area contributed by atoms with Gasteiger partial charge in [0.1, 0.15) is 0 Å². The third-order valence-corrected chi connectivity index (χ3v) is 5.48. The number of hydrogen-bond acceptors (Lipinski definition) is 4. The minimum absolute atomic E-state index is 0.128. The summed E-state index contributed by atoms with van der Waals surface area (Å²) in [6.45, 7) is 4.24. The maximum Gasteiger partial charge on any atom is 0.418 e. The van der Waals surface area contributed by atoms with Crippen molar-refractivity contribution >= 4 is 45.9 Å². The molecule has 0 fully saturated rings. The van der Waals surface area contributed by atoms with Crippen LogP contribution in [0.4, 0.5) is 18.9 Å². The van der Waals surface area contributed by atoms with Gasteiger partial charge >= 0.3 is 6.18 Å². The molecule has 1 amide bonds. The van der Waals surface area contributed by atoms with Crippen LogP contribution < -0.4 is 10.9 Å². The van der Waals surface area contributed by atoms with Crippen molar-refractivity contribution in [1.29, 1.82) is 0 Å². The van der Waals surface area contributed by atoms with E-state index in [-0.39, 0.29) is 22.9 Å². The smallest absolute Gasteiger partial charge is 0.325 e. The summed E-state index contributed by atoms with van der Waals surface area (Å²) in [5, 5.41) is 3.38. The third-order valence-electron chi connectivity index (χ3n) is 4.27. The summed E-state index contributed by atoms with van der Waals surface area (Å²) in [5.74, 6) is -0.721. The summed E-state index contributed by atoms with van der Waals surface area (Å²) >= 11 is 6.99. The van der Waals surface area contributed by atoms with Crippen LogP contribution in [0.15, 0.2) is 52.4 Å². The number of rotatable bonds is 6. The monoisotopic (exact) mass is 469 g/mol. The van der Waals surface area contributed by atoms with Crippen LogP contribution in [-0.2, 0) is 17.5 Å². The molecule has 5 nitrogen and oxygen atoms in total. The lowest BCUT2D eigenvalue weighted by Gasteiger charge is -2.16. The van der Waals surface area contributed by atoms with Crippen molar-refractivity contribution in [3.63, 3.8) is 0 Å². The van der Waals surface area contributed by atoms with Crippen molar-refractivity contribution in [3.8, 4) is 0 Å². The van der Waals surface area contributed by atoms with Crippen molar-refractivity contribution in [1.82, 2.24) is 9.55 Å². The Morgan fingerprint density at radius 2 is 1.94 bits per heavy atom. The molecular weight excluding hydrogens is 451 g/mol. The largest absolute Gasteiger partial charge is 0.418 e. The molecule has 0 saturated carbocycles. The number of carbonyl (C=O) groups is 1. The zero-order chi connectivity index (χ0) is 22.8. The maximum absolute atomic E-state index is 13.1. The van der Waals surface area contributed by atoms with Gasteiger partial charge in [-0.15, -0.1) is 0 Å². The summed E-state index contributed by atoms with van der Waals surface area (Å²) in [4.78, 5) is 29.8. The van der Waals surface area contributed by atoms with Gasteiger partial charge in [-0.05, 0) is 36.2 Å².